The Morgan fingerprint density at radius 1 is 1.24 bits per heavy atom. The summed E-state index contributed by atoms with van der Waals surface area (Å²) in [5, 5.41) is 2.53. The highest BCUT2D eigenvalue weighted by Crippen LogP contribution is 2.32. The number of sulfone groups is 1. The fourth-order valence-electron chi connectivity index (χ4n) is 2.10. The number of furan rings is 1. The maximum atomic E-state index is 13.1. The van der Waals surface area contributed by atoms with Crippen molar-refractivity contribution in [3.63, 3.8) is 0 Å². The van der Waals surface area contributed by atoms with Gasteiger partial charge < -0.3 is 18.9 Å². The summed E-state index contributed by atoms with van der Waals surface area (Å²) < 4.78 is 54.4. The van der Waals surface area contributed by atoms with E-state index >= 15 is 0 Å². The lowest BCUT2D eigenvalue weighted by atomic mass is 10.4. The van der Waals surface area contributed by atoms with Crippen LogP contribution in [-0.2, 0) is 14.6 Å². The maximum Gasteiger partial charge on any atom is 0.266 e. The first-order valence-corrected chi connectivity index (χ1v) is 8.79. The predicted octanol–water partition coefficient (Wildman–Crippen LogP) is 2.96. The summed E-state index contributed by atoms with van der Waals surface area (Å²) in [5.41, 5.74) is 0. The Balaban J connectivity index is 2.04. The van der Waals surface area contributed by atoms with Crippen LogP contribution in [0.2, 0.25) is 0 Å². The molecule has 3 rings (SSSR count). The van der Waals surface area contributed by atoms with Gasteiger partial charge in [-0.15, -0.1) is 0 Å². The monoisotopic (exact) mass is 366 g/mol. The van der Waals surface area contributed by atoms with Gasteiger partial charge in [-0.2, -0.15) is 4.98 Å². The van der Waals surface area contributed by atoms with E-state index in [-0.39, 0.29) is 27.5 Å². The smallest absolute Gasteiger partial charge is 0.266 e. The second kappa shape index (κ2) is 7.08. The van der Waals surface area contributed by atoms with Crippen molar-refractivity contribution in [3.8, 4) is 11.7 Å². The molecule has 132 valence electrons. The number of hydrogen-bond donors (Lipinski definition) is 1. The van der Waals surface area contributed by atoms with E-state index in [0.717, 1.165) is 12.1 Å². The molecule has 0 bridgehead atoms. The van der Waals surface area contributed by atoms with Crippen LogP contribution in [0.5, 0.6) is 0 Å². The molecule has 9 heteroatoms. The highest BCUT2D eigenvalue weighted by Gasteiger charge is 2.29. The first-order valence-electron chi connectivity index (χ1n) is 7.30. The van der Waals surface area contributed by atoms with Gasteiger partial charge in [0.25, 0.3) is 5.89 Å². The summed E-state index contributed by atoms with van der Waals surface area (Å²) in [5.74, 6) is -0.262. The molecule has 0 aliphatic rings. The van der Waals surface area contributed by atoms with Crippen LogP contribution < -0.4 is 5.32 Å². The summed E-state index contributed by atoms with van der Waals surface area (Å²) in [6, 6.07) is 7.71. The first-order chi connectivity index (χ1) is 12.0. The predicted molar refractivity (Wildman–Crippen MR) is 86.4 cm³/mol. The van der Waals surface area contributed by atoms with Gasteiger partial charge in [-0.25, -0.2) is 12.8 Å². The molecule has 2 aromatic heterocycles. The quantitative estimate of drug-likeness (QED) is 0.507. The number of methoxy groups -OCH3 is 1. The largest absolute Gasteiger partial charge is 0.459 e. The van der Waals surface area contributed by atoms with E-state index in [1.807, 2.05) is 0 Å². The number of hydrogen-bond acceptors (Lipinski definition) is 7. The number of ether oxygens (including phenoxy) is 1. The van der Waals surface area contributed by atoms with Crippen LogP contribution in [0.15, 0.2) is 61.4 Å². The van der Waals surface area contributed by atoms with Crippen molar-refractivity contribution in [1.29, 1.82) is 0 Å². The molecule has 0 saturated carbocycles. The maximum absolute atomic E-state index is 13.1. The van der Waals surface area contributed by atoms with Crippen LogP contribution in [0.3, 0.4) is 0 Å². The number of aromatic nitrogens is 1. The third kappa shape index (κ3) is 3.57. The fourth-order valence-corrected chi connectivity index (χ4v) is 3.38. The average molecular weight is 366 g/mol. The van der Waals surface area contributed by atoms with E-state index in [1.165, 1.54) is 25.5 Å². The number of rotatable bonds is 7. The highest BCUT2D eigenvalue weighted by atomic mass is 32.2. The Labute approximate surface area is 143 Å². The topological polar surface area (TPSA) is 94.6 Å². The van der Waals surface area contributed by atoms with Gasteiger partial charge in [-0.1, -0.05) is 0 Å². The van der Waals surface area contributed by atoms with Gasteiger partial charge in [0.1, 0.15) is 5.82 Å². The van der Waals surface area contributed by atoms with Gasteiger partial charge in [0.15, 0.2) is 5.76 Å². The Kier molecular flexibility index (Phi) is 4.86. The Morgan fingerprint density at radius 2 is 2.00 bits per heavy atom. The number of benzene rings is 1. The first kappa shape index (κ1) is 17.2. The van der Waals surface area contributed by atoms with Crippen LogP contribution in [0.1, 0.15) is 0 Å². The Hall–Kier alpha value is -2.65. The third-order valence-corrected chi connectivity index (χ3v) is 4.98. The molecule has 0 aliphatic heterocycles. The zero-order valence-electron chi connectivity index (χ0n) is 13.2. The average Bonchev–Trinajstić information content (AvgIpc) is 3.25. The minimum absolute atomic E-state index is 0.0191. The van der Waals surface area contributed by atoms with E-state index < -0.39 is 15.7 Å². The van der Waals surface area contributed by atoms with Crippen molar-refractivity contribution < 1.29 is 26.4 Å². The van der Waals surface area contributed by atoms with E-state index in [0.29, 0.717) is 13.2 Å². The molecule has 1 N–H and O–H groups in total. The summed E-state index contributed by atoms with van der Waals surface area (Å²) >= 11 is 0. The minimum atomic E-state index is -4.01. The summed E-state index contributed by atoms with van der Waals surface area (Å²) in [7, 11) is -2.49. The molecule has 3 aromatic rings. The standard InChI is InChI=1S/C16H15FN2O5S/c1-22-10-8-18-15-16(19-14(24-15)13-3-2-9-23-13)25(20,21)12-6-4-11(17)5-7-12/h2-7,9,18H,8,10H2,1H3. The number of anilines is 1. The Bertz CT molecular complexity index is 934. The van der Waals surface area contributed by atoms with Crippen molar-refractivity contribution >= 4 is 15.7 Å². The number of oxazole rings is 1. The molecular weight excluding hydrogens is 351 g/mol. The van der Waals surface area contributed by atoms with Gasteiger partial charge in [0.05, 0.1) is 17.8 Å². The van der Waals surface area contributed by atoms with Gasteiger partial charge in [0.2, 0.25) is 20.7 Å². The lowest BCUT2D eigenvalue weighted by molar-refractivity contribution is 0.210. The van der Waals surface area contributed by atoms with E-state index in [9.17, 15) is 12.8 Å². The number of nitrogens with one attached hydrogen (secondary N) is 1. The molecule has 0 atom stereocenters. The molecule has 1 aromatic carbocycles. The summed E-state index contributed by atoms with van der Waals surface area (Å²) in [4.78, 5) is 3.96. The summed E-state index contributed by atoms with van der Waals surface area (Å²) in [6.07, 6.45) is 1.42. The molecule has 0 saturated heterocycles. The zero-order valence-corrected chi connectivity index (χ0v) is 14.0. The van der Waals surface area contributed by atoms with Gasteiger partial charge >= 0.3 is 0 Å². The van der Waals surface area contributed by atoms with Gasteiger partial charge in [-0.05, 0) is 36.4 Å². The van der Waals surface area contributed by atoms with Crippen molar-refractivity contribution in [2.75, 3.05) is 25.6 Å². The molecule has 0 fully saturated rings. The fraction of sp³-hybridized carbons (Fsp3) is 0.188. The lowest BCUT2D eigenvalue weighted by Crippen LogP contribution is -2.11. The molecule has 2 heterocycles. The number of nitrogens with zero attached hydrogens (tertiary/aromatic N) is 1. The Morgan fingerprint density at radius 3 is 2.64 bits per heavy atom. The molecular formula is C16H15FN2O5S. The molecule has 0 radical (unpaired) electrons. The van der Waals surface area contributed by atoms with Crippen LogP contribution in [0, 0.1) is 5.82 Å². The number of halogens is 1. The van der Waals surface area contributed by atoms with Gasteiger partial charge in [0, 0.05) is 13.7 Å². The normalized spacial score (nSPS) is 11.6. The summed E-state index contributed by atoms with van der Waals surface area (Å²) in [6.45, 7) is 0.655. The van der Waals surface area contributed by atoms with Crippen LogP contribution in [0.25, 0.3) is 11.7 Å². The molecule has 25 heavy (non-hydrogen) atoms. The molecule has 0 amide bonds. The molecule has 0 aliphatic carbocycles. The van der Waals surface area contributed by atoms with Crippen LogP contribution >= 0.6 is 0 Å². The zero-order chi connectivity index (χ0) is 17.9. The van der Waals surface area contributed by atoms with Crippen molar-refractivity contribution in [2.45, 2.75) is 9.92 Å². The third-order valence-electron chi connectivity index (χ3n) is 3.30. The van der Waals surface area contributed by atoms with E-state index in [2.05, 4.69) is 10.3 Å². The SMILES string of the molecule is COCCNc1oc(-c2ccco2)nc1S(=O)(=O)c1ccc(F)cc1. The molecule has 0 unspecified atom stereocenters. The van der Waals surface area contributed by atoms with E-state index in [4.69, 9.17) is 13.6 Å². The van der Waals surface area contributed by atoms with Crippen molar-refractivity contribution in [2.24, 2.45) is 0 Å². The van der Waals surface area contributed by atoms with E-state index in [1.54, 1.807) is 12.1 Å². The van der Waals surface area contributed by atoms with Crippen LogP contribution in [0.4, 0.5) is 10.3 Å². The highest BCUT2D eigenvalue weighted by molar-refractivity contribution is 7.91. The minimum Gasteiger partial charge on any atom is -0.459 e. The second-order valence-corrected chi connectivity index (χ2v) is 6.87. The molecule has 0 spiro atoms. The molecule has 7 nitrogen and oxygen atoms in total. The van der Waals surface area contributed by atoms with Crippen molar-refractivity contribution in [3.05, 3.63) is 48.5 Å². The second-order valence-electron chi connectivity index (χ2n) is 5.01. The van der Waals surface area contributed by atoms with Crippen molar-refractivity contribution in [1.82, 2.24) is 4.98 Å². The van der Waals surface area contributed by atoms with Crippen LogP contribution in [-0.4, -0.2) is 33.7 Å². The lowest BCUT2D eigenvalue weighted by Gasteiger charge is -2.05. The van der Waals surface area contributed by atoms with Gasteiger partial charge in [-0.3, -0.25) is 0 Å².